The molecule has 0 N–H and O–H groups in total. The summed E-state index contributed by atoms with van der Waals surface area (Å²) in [7, 11) is 1.74. The molecule has 0 saturated heterocycles. The highest BCUT2D eigenvalue weighted by Crippen LogP contribution is 2.36. The molecule has 1 aliphatic heterocycles. The van der Waals surface area contributed by atoms with E-state index in [1.54, 1.807) is 16.8 Å². The Morgan fingerprint density at radius 2 is 1.26 bits per heavy atom. The molecule has 0 aliphatic carbocycles. The summed E-state index contributed by atoms with van der Waals surface area (Å²) in [6.07, 6.45) is 0. The largest absolute Gasteiger partial charge is 0.312 e. The zero-order chi connectivity index (χ0) is 18.8. The van der Waals surface area contributed by atoms with E-state index in [0.717, 1.165) is 22.5 Å². The van der Waals surface area contributed by atoms with E-state index in [-0.39, 0.29) is 18.4 Å². The van der Waals surface area contributed by atoms with Crippen molar-refractivity contribution in [2.75, 3.05) is 23.4 Å². The molecule has 4 nitrogen and oxygen atoms in total. The molecule has 1 aliphatic rings. The van der Waals surface area contributed by atoms with Crippen LogP contribution in [0.3, 0.4) is 0 Å². The Hall–Kier alpha value is -3.40. The molecule has 27 heavy (non-hydrogen) atoms. The zero-order valence-corrected chi connectivity index (χ0v) is 15.1. The monoisotopic (exact) mass is 356 g/mol. The quantitative estimate of drug-likeness (QED) is 0.716. The molecule has 3 aromatic carbocycles. The van der Waals surface area contributed by atoms with Crippen LogP contribution in [0.1, 0.15) is 17.0 Å². The molecule has 3 aromatic rings. The third-order valence-electron chi connectivity index (χ3n) is 4.98. The summed E-state index contributed by atoms with van der Waals surface area (Å²) in [5, 5.41) is 0. The molecule has 0 unspecified atom stereocenters. The van der Waals surface area contributed by atoms with Crippen LogP contribution in [-0.4, -0.2) is 25.4 Å². The van der Waals surface area contributed by atoms with Crippen molar-refractivity contribution in [3.8, 4) is 0 Å². The number of anilines is 2. The van der Waals surface area contributed by atoms with Crippen molar-refractivity contribution in [2.45, 2.75) is 5.92 Å². The van der Waals surface area contributed by atoms with E-state index in [1.165, 1.54) is 0 Å². The maximum absolute atomic E-state index is 13.7. The Labute approximate surface area is 158 Å². The lowest BCUT2D eigenvalue weighted by molar-refractivity contribution is -0.123. The van der Waals surface area contributed by atoms with Crippen molar-refractivity contribution in [2.24, 2.45) is 0 Å². The Morgan fingerprint density at radius 3 is 1.81 bits per heavy atom. The summed E-state index contributed by atoms with van der Waals surface area (Å²) < 4.78 is 0. The molecule has 1 heterocycles. The van der Waals surface area contributed by atoms with Crippen LogP contribution in [0.5, 0.6) is 0 Å². The van der Waals surface area contributed by atoms with Gasteiger partial charge < -0.3 is 9.80 Å². The fraction of sp³-hybridized carbons (Fsp3) is 0.130. The van der Waals surface area contributed by atoms with Crippen LogP contribution >= 0.6 is 0 Å². The molecule has 0 saturated carbocycles. The third-order valence-corrected chi connectivity index (χ3v) is 4.98. The first kappa shape index (κ1) is 17.0. The van der Waals surface area contributed by atoms with Gasteiger partial charge in [-0.25, -0.2) is 0 Å². The summed E-state index contributed by atoms with van der Waals surface area (Å²) in [6, 6.07) is 27.0. The van der Waals surface area contributed by atoms with Crippen molar-refractivity contribution in [1.29, 1.82) is 0 Å². The summed E-state index contributed by atoms with van der Waals surface area (Å²) >= 11 is 0. The predicted molar refractivity (Wildman–Crippen MR) is 107 cm³/mol. The third kappa shape index (κ3) is 3.10. The van der Waals surface area contributed by atoms with Gasteiger partial charge in [0.2, 0.25) is 11.8 Å². The highest BCUT2D eigenvalue weighted by molar-refractivity contribution is 6.12. The number of para-hydroxylation sites is 2. The van der Waals surface area contributed by atoms with Gasteiger partial charge in [-0.15, -0.1) is 0 Å². The smallest absolute Gasteiger partial charge is 0.246 e. The molecule has 134 valence electrons. The Balaban J connectivity index is 1.81. The molecular formula is C23H20N2O2. The summed E-state index contributed by atoms with van der Waals surface area (Å²) in [6.45, 7) is 0.0442. The van der Waals surface area contributed by atoms with Gasteiger partial charge in [0.05, 0.1) is 17.3 Å². The SMILES string of the molecule is CN1C(=O)CN(C(=O)C(c2ccccc2)c2ccccc2)c2ccccc21. The first-order valence-electron chi connectivity index (χ1n) is 8.93. The van der Waals surface area contributed by atoms with Crippen LogP contribution in [0, 0.1) is 0 Å². The Morgan fingerprint density at radius 1 is 0.778 bits per heavy atom. The van der Waals surface area contributed by atoms with Crippen LogP contribution in [-0.2, 0) is 9.59 Å². The van der Waals surface area contributed by atoms with Gasteiger partial charge in [-0.3, -0.25) is 9.59 Å². The lowest BCUT2D eigenvalue weighted by Crippen LogP contribution is -2.48. The second kappa shape index (κ2) is 7.08. The molecule has 0 bridgehead atoms. The molecule has 4 heteroatoms. The standard InChI is InChI=1S/C23H20N2O2/c1-24-19-14-8-9-15-20(19)25(16-21(24)26)23(27)22(17-10-4-2-5-11-17)18-12-6-3-7-13-18/h2-15,22H,16H2,1H3. The van der Waals surface area contributed by atoms with Crippen LogP contribution in [0.15, 0.2) is 84.9 Å². The maximum atomic E-state index is 13.7. The van der Waals surface area contributed by atoms with Gasteiger partial charge in [0.15, 0.2) is 0 Å². The second-order valence-corrected chi connectivity index (χ2v) is 6.62. The van der Waals surface area contributed by atoms with Gasteiger partial charge in [-0.05, 0) is 23.3 Å². The minimum absolute atomic E-state index is 0.0442. The van der Waals surface area contributed by atoms with E-state index >= 15 is 0 Å². The van der Waals surface area contributed by atoms with Crippen molar-refractivity contribution >= 4 is 23.2 Å². The Kier molecular flexibility index (Phi) is 4.47. The highest BCUT2D eigenvalue weighted by Gasteiger charge is 2.35. The van der Waals surface area contributed by atoms with E-state index in [4.69, 9.17) is 0 Å². The zero-order valence-electron chi connectivity index (χ0n) is 15.1. The van der Waals surface area contributed by atoms with Gasteiger partial charge in [0.1, 0.15) is 6.54 Å². The molecule has 0 spiro atoms. The first-order valence-corrected chi connectivity index (χ1v) is 8.93. The van der Waals surface area contributed by atoms with E-state index in [2.05, 4.69) is 0 Å². The predicted octanol–water partition coefficient (Wildman–Crippen LogP) is 3.83. The summed E-state index contributed by atoms with van der Waals surface area (Å²) in [5.74, 6) is -0.653. The maximum Gasteiger partial charge on any atom is 0.246 e. The average molecular weight is 356 g/mol. The lowest BCUT2D eigenvalue weighted by atomic mass is 9.89. The number of carbonyl (C=O) groups is 2. The number of rotatable bonds is 3. The van der Waals surface area contributed by atoms with Crippen LogP contribution in [0.4, 0.5) is 11.4 Å². The Bertz CT molecular complexity index is 930. The van der Waals surface area contributed by atoms with E-state index in [0.29, 0.717) is 0 Å². The number of fused-ring (bicyclic) bond motifs is 1. The van der Waals surface area contributed by atoms with Crippen molar-refractivity contribution in [1.82, 2.24) is 0 Å². The van der Waals surface area contributed by atoms with E-state index in [1.807, 2.05) is 84.9 Å². The number of nitrogens with zero attached hydrogens (tertiary/aromatic N) is 2. The molecule has 2 amide bonds. The molecule has 0 fully saturated rings. The van der Waals surface area contributed by atoms with Crippen molar-refractivity contribution in [3.05, 3.63) is 96.1 Å². The number of carbonyl (C=O) groups excluding carboxylic acids is 2. The average Bonchev–Trinajstić information content (AvgIpc) is 2.72. The van der Waals surface area contributed by atoms with E-state index < -0.39 is 5.92 Å². The van der Waals surface area contributed by atoms with Crippen molar-refractivity contribution in [3.63, 3.8) is 0 Å². The van der Waals surface area contributed by atoms with E-state index in [9.17, 15) is 9.59 Å². The lowest BCUT2D eigenvalue weighted by Gasteiger charge is -2.36. The summed E-state index contributed by atoms with van der Waals surface area (Å²) in [4.78, 5) is 29.4. The van der Waals surface area contributed by atoms with Gasteiger partial charge in [0, 0.05) is 7.05 Å². The van der Waals surface area contributed by atoms with Gasteiger partial charge in [0.25, 0.3) is 0 Å². The second-order valence-electron chi connectivity index (χ2n) is 6.62. The molecular weight excluding hydrogens is 336 g/mol. The van der Waals surface area contributed by atoms with Crippen LogP contribution in [0.25, 0.3) is 0 Å². The molecule has 0 atom stereocenters. The number of benzene rings is 3. The number of hydrogen-bond donors (Lipinski definition) is 0. The van der Waals surface area contributed by atoms with Crippen molar-refractivity contribution < 1.29 is 9.59 Å². The number of likely N-dealkylation sites (N-methyl/N-ethyl adjacent to an activating group) is 1. The van der Waals surface area contributed by atoms with Gasteiger partial charge in [-0.2, -0.15) is 0 Å². The molecule has 0 radical (unpaired) electrons. The fourth-order valence-electron chi connectivity index (χ4n) is 3.56. The highest BCUT2D eigenvalue weighted by atomic mass is 16.2. The normalized spacial score (nSPS) is 13.6. The fourth-order valence-corrected chi connectivity index (χ4v) is 3.56. The van der Waals surface area contributed by atoms with Crippen LogP contribution < -0.4 is 9.80 Å². The molecule has 4 rings (SSSR count). The number of hydrogen-bond acceptors (Lipinski definition) is 2. The minimum atomic E-state index is -0.461. The minimum Gasteiger partial charge on any atom is -0.312 e. The first-order chi connectivity index (χ1) is 13.2. The number of amides is 2. The summed E-state index contributed by atoms with van der Waals surface area (Å²) in [5.41, 5.74) is 3.35. The molecule has 0 aromatic heterocycles. The van der Waals surface area contributed by atoms with Gasteiger partial charge in [-0.1, -0.05) is 72.8 Å². The topological polar surface area (TPSA) is 40.6 Å². The van der Waals surface area contributed by atoms with Crippen LogP contribution in [0.2, 0.25) is 0 Å². The van der Waals surface area contributed by atoms with Gasteiger partial charge >= 0.3 is 0 Å².